The van der Waals surface area contributed by atoms with Crippen molar-refractivity contribution in [1.29, 1.82) is 0 Å². The zero-order valence-electron chi connectivity index (χ0n) is 22.0. The van der Waals surface area contributed by atoms with E-state index in [4.69, 9.17) is 0 Å². The second-order valence-corrected chi connectivity index (χ2v) is 11.0. The van der Waals surface area contributed by atoms with Crippen molar-refractivity contribution in [3.63, 3.8) is 0 Å². The Hall–Kier alpha value is -3.09. The molecule has 37 heavy (non-hydrogen) atoms. The van der Waals surface area contributed by atoms with E-state index in [2.05, 4.69) is 96.9 Å². The van der Waals surface area contributed by atoms with Crippen LogP contribution in [0.15, 0.2) is 89.8 Å². The van der Waals surface area contributed by atoms with Gasteiger partial charge in [-0.2, -0.15) is 0 Å². The Kier molecular flexibility index (Phi) is 9.42. The number of nitrogens with zero attached hydrogens (tertiary/aromatic N) is 2. The van der Waals surface area contributed by atoms with Crippen molar-refractivity contribution < 1.29 is 9.59 Å². The van der Waals surface area contributed by atoms with Crippen molar-refractivity contribution >= 4 is 23.6 Å². The zero-order valence-corrected chi connectivity index (χ0v) is 22.8. The largest absolute Gasteiger partial charge is 0.344 e. The first-order valence-electron chi connectivity index (χ1n) is 13.0. The highest BCUT2D eigenvalue weighted by Crippen LogP contribution is 2.30. The van der Waals surface area contributed by atoms with E-state index in [0.29, 0.717) is 24.8 Å². The molecule has 1 aliphatic heterocycles. The van der Waals surface area contributed by atoms with Crippen molar-refractivity contribution in [2.75, 3.05) is 31.9 Å². The predicted molar refractivity (Wildman–Crippen MR) is 152 cm³/mol. The van der Waals surface area contributed by atoms with Crippen LogP contribution in [0.2, 0.25) is 0 Å². The van der Waals surface area contributed by atoms with E-state index in [1.165, 1.54) is 23.6 Å². The van der Waals surface area contributed by atoms with Crippen LogP contribution in [0, 0.1) is 0 Å². The summed E-state index contributed by atoms with van der Waals surface area (Å²) in [7, 11) is 0. The fraction of sp³-hybridized carbons (Fsp3) is 0.355. The molecular weight excluding hydrogens is 478 g/mol. The van der Waals surface area contributed by atoms with Crippen LogP contribution in [-0.2, 0) is 9.59 Å². The number of carbonyl (C=O) groups is 2. The molecule has 0 radical (unpaired) electrons. The highest BCUT2D eigenvalue weighted by Gasteiger charge is 2.31. The third-order valence-electron chi connectivity index (χ3n) is 6.86. The molecule has 3 aromatic rings. The van der Waals surface area contributed by atoms with E-state index in [9.17, 15) is 9.59 Å². The second kappa shape index (κ2) is 12.9. The molecule has 1 N–H and O–H groups in total. The molecule has 1 atom stereocenters. The van der Waals surface area contributed by atoms with Gasteiger partial charge in [0.05, 0.1) is 6.04 Å². The maximum absolute atomic E-state index is 13.5. The summed E-state index contributed by atoms with van der Waals surface area (Å²) >= 11 is 1.61. The number of thioether (sulfide) groups is 1. The Bertz CT molecular complexity index is 1100. The van der Waals surface area contributed by atoms with Crippen molar-refractivity contribution in [3.05, 3.63) is 102 Å². The van der Waals surface area contributed by atoms with Gasteiger partial charge in [-0.1, -0.05) is 86.6 Å². The smallest absolute Gasteiger partial charge is 0.246 e. The summed E-state index contributed by atoms with van der Waals surface area (Å²) < 4.78 is 0. The quantitative estimate of drug-likeness (QED) is 0.391. The summed E-state index contributed by atoms with van der Waals surface area (Å²) in [5, 5.41) is 2.90. The molecule has 0 saturated carbocycles. The lowest BCUT2D eigenvalue weighted by molar-refractivity contribution is -0.137. The van der Waals surface area contributed by atoms with Gasteiger partial charge in [0.15, 0.2) is 0 Å². The van der Waals surface area contributed by atoms with Gasteiger partial charge in [-0.15, -0.1) is 11.8 Å². The number of piperazine rings is 1. The van der Waals surface area contributed by atoms with E-state index in [-0.39, 0.29) is 17.9 Å². The van der Waals surface area contributed by atoms with E-state index in [1.807, 2.05) is 17.0 Å². The summed E-state index contributed by atoms with van der Waals surface area (Å²) in [6.07, 6.45) is 0. The topological polar surface area (TPSA) is 52.7 Å². The number of carbonyl (C=O) groups excluding carboxylic acids is 2. The first-order valence-corrected chi connectivity index (χ1v) is 14.0. The molecule has 4 rings (SSSR count). The summed E-state index contributed by atoms with van der Waals surface area (Å²) in [5.41, 5.74) is 3.80. The first kappa shape index (κ1) is 27.0. The Morgan fingerprint density at radius 1 is 0.784 bits per heavy atom. The number of rotatable bonds is 9. The molecule has 0 bridgehead atoms. The summed E-state index contributed by atoms with van der Waals surface area (Å²) in [5.74, 6) is 0.809. The van der Waals surface area contributed by atoms with Gasteiger partial charge < -0.3 is 10.2 Å². The average Bonchev–Trinajstić information content (AvgIpc) is 2.92. The number of amides is 2. The third kappa shape index (κ3) is 7.24. The maximum atomic E-state index is 13.5. The van der Waals surface area contributed by atoms with Crippen LogP contribution in [0.5, 0.6) is 0 Å². The highest BCUT2D eigenvalue weighted by molar-refractivity contribution is 7.99. The third-order valence-corrected chi connectivity index (χ3v) is 7.97. The van der Waals surface area contributed by atoms with Crippen LogP contribution in [0.1, 0.15) is 49.4 Å². The normalized spacial score (nSPS) is 15.1. The fourth-order valence-corrected chi connectivity index (χ4v) is 5.77. The summed E-state index contributed by atoms with van der Waals surface area (Å²) in [6, 6.07) is 29.2. The SMILES string of the molecule is CC(=O)NC(CSc1ccc(C(C)C)cc1)C(=O)N1CCN(C(c2ccccc2)c2ccccc2)CC1. The van der Waals surface area contributed by atoms with Crippen LogP contribution < -0.4 is 5.32 Å². The Morgan fingerprint density at radius 3 is 1.81 bits per heavy atom. The minimum Gasteiger partial charge on any atom is -0.344 e. The summed E-state index contributed by atoms with van der Waals surface area (Å²) in [4.78, 5) is 30.9. The average molecular weight is 516 g/mol. The van der Waals surface area contributed by atoms with Crippen LogP contribution in [0.3, 0.4) is 0 Å². The predicted octanol–water partition coefficient (Wildman–Crippen LogP) is 5.34. The van der Waals surface area contributed by atoms with Crippen molar-refractivity contribution in [2.24, 2.45) is 0 Å². The molecule has 1 aliphatic rings. The Morgan fingerprint density at radius 2 is 1.32 bits per heavy atom. The first-order chi connectivity index (χ1) is 17.9. The number of hydrogen-bond donors (Lipinski definition) is 1. The number of nitrogens with one attached hydrogen (secondary N) is 1. The van der Waals surface area contributed by atoms with Crippen LogP contribution in [0.25, 0.3) is 0 Å². The Labute approximate surface area is 225 Å². The monoisotopic (exact) mass is 515 g/mol. The molecule has 5 nitrogen and oxygen atoms in total. The lowest BCUT2D eigenvalue weighted by Crippen LogP contribution is -2.56. The fourth-order valence-electron chi connectivity index (χ4n) is 4.85. The van der Waals surface area contributed by atoms with Gasteiger partial charge in [0.1, 0.15) is 6.04 Å². The van der Waals surface area contributed by atoms with Crippen LogP contribution in [0.4, 0.5) is 0 Å². The van der Waals surface area contributed by atoms with Gasteiger partial charge in [-0.3, -0.25) is 14.5 Å². The highest BCUT2D eigenvalue weighted by atomic mass is 32.2. The molecule has 1 saturated heterocycles. The molecule has 1 fully saturated rings. The van der Waals surface area contributed by atoms with Crippen molar-refractivity contribution in [3.8, 4) is 0 Å². The molecule has 6 heteroatoms. The standard InChI is InChI=1S/C31H37N3O2S/c1-23(2)25-14-16-28(17-15-25)37-22-29(32-24(3)35)31(36)34-20-18-33(19-21-34)30(26-10-6-4-7-11-26)27-12-8-5-9-13-27/h4-17,23,29-30H,18-22H2,1-3H3,(H,32,35). The molecule has 194 valence electrons. The van der Waals surface area contributed by atoms with E-state index < -0.39 is 6.04 Å². The van der Waals surface area contributed by atoms with Crippen molar-refractivity contribution in [1.82, 2.24) is 15.1 Å². The molecule has 0 spiro atoms. The van der Waals surface area contributed by atoms with Gasteiger partial charge in [0.2, 0.25) is 11.8 Å². The molecule has 0 aliphatic carbocycles. The van der Waals surface area contributed by atoms with Gasteiger partial charge in [0, 0.05) is 43.8 Å². The van der Waals surface area contributed by atoms with Gasteiger partial charge in [0.25, 0.3) is 0 Å². The lowest BCUT2D eigenvalue weighted by atomic mass is 9.96. The second-order valence-electron chi connectivity index (χ2n) is 9.87. The van der Waals surface area contributed by atoms with Gasteiger partial charge >= 0.3 is 0 Å². The van der Waals surface area contributed by atoms with Gasteiger partial charge in [-0.25, -0.2) is 0 Å². The number of hydrogen-bond acceptors (Lipinski definition) is 4. The van der Waals surface area contributed by atoms with Crippen LogP contribution in [-0.4, -0.2) is 59.6 Å². The van der Waals surface area contributed by atoms with E-state index >= 15 is 0 Å². The molecule has 1 unspecified atom stereocenters. The summed E-state index contributed by atoms with van der Waals surface area (Å²) in [6.45, 7) is 8.65. The van der Waals surface area contributed by atoms with Gasteiger partial charge in [-0.05, 0) is 34.7 Å². The molecular formula is C31H37N3O2S. The minimum absolute atomic E-state index is 0.00266. The molecule has 0 aromatic heterocycles. The Balaban J connectivity index is 1.41. The number of benzene rings is 3. The van der Waals surface area contributed by atoms with E-state index in [1.54, 1.807) is 11.8 Å². The minimum atomic E-state index is -0.544. The molecule has 2 amide bonds. The zero-order chi connectivity index (χ0) is 26.2. The molecule has 1 heterocycles. The lowest BCUT2D eigenvalue weighted by Gasteiger charge is -2.40. The molecule has 3 aromatic carbocycles. The maximum Gasteiger partial charge on any atom is 0.246 e. The van der Waals surface area contributed by atoms with E-state index in [0.717, 1.165) is 18.0 Å². The van der Waals surface area contributed by atoms with Crippen LogP contribution >= 0.6 is 11.8 Å². The van der Waals surface area contributed by atoms with Crippen molar-refractivity contribution in [2.45, 2.75) is 43.7 Å².